The van der Waals surface area contributed by atoms with E-state index in [4.69, 9.17) is 0 Å². The zero-order valence-corrected chi connectivity index (χ0v) is 12.2. The van der Waals surface area contributed by atoms with Crippen molar-refractivity contribution in [1.29, 1.82) is 0 Å². The van der Waals surface area contributed by atoms with Crippen molar-refractivity contribution in [1.82, 2.24) is 9.78 Å². The van der Waals surface area contributed by atoms with Crippen LogP contribution in [0.25, 0.3) is 10.9 Å². The second kappa shape index (κ2) is 5.87. The molecule has 0 unspecified atom stereocenters. The number of benzene rings is 1. The summed E-state index contributed by atoms with van der Waals surface area (Å²) in [6, 6.07) is 5.10. The van der Waals surface area contributed by atoms with E-state index in [0.29, 0.717) is 5.56 Å². The maximum atomic E-state index is 12.1. The number of hydrogen-bond acceptors (Lipinski definition) is 5. The molecule has 0 saturated heterocycles. The topological polar surface area (TPSA) is 78.3 Å². The van der Waals surface area contributed by atoms with Gasteiger partial charge in [-0.1, -0.05) is 0 Å². The monoisotopic (exact) mass is 288 g/mol. The number of aromatic nitrogens is 2. The lowest BCUT2D eigenvalue weighted by molar-refractivity contribution is -0.153. The Morgan fingerprint density at radius 3 is 2.67 bits per heavy atom. The van der Waals surface area contributed by atoms with Crippen molar-refractivity contribution < 1.29 is 19.1 Å². The molecule has 0 fully saturated rings. The van der Waals surface area contributed by atoms with Gasteiger partial charge in [0.05, 0.1) is 24.2 Å². The summed E-state index contributed by atoms with van der Waals surface area (Å²) in [5.41, 5.74) is 2.09. The van der Waals surface area contributed by atoms with Crippen LogP contribution < -0.4 is 0 Å². The Morgan fingerprint density at radius 2 is 2.00 bits per heavy atom. The van der Waals surface area contributed by atoms with Gasteiger partial charge in [-0.05, 0) is 32.0 Å². The smallest absolute Gasteiger partial charge is 0.375 e. The molecule has 1 heterocycles. The van der Waals surface area contributed by atoms with Gasteiger partial charge in [-0.3, -0.25) is 14.3 Å². The first-order valence-electron chi connectivity index (χ1n) is 6.60. The van der Waals surface area contributed by atoms with Crippen molar-refractivity contribution in [2.75, 3.05) is 6.61 Å². The molecule has 6 nitrogen and oxygen atoms in total. The number of ketones is 2. The molecule has 0 amide bonds. The highest BCUT2D eigenvalue weighted by molar-refractivity contribution is 6.38. The summed E-state index contributed by atoms with van der Waals surface area (Å²) >= 11 is 0. The van der Waals surface area contributed by atoms with Crippen LogP contribution >= 0.6 is 0 Å². The predicted octanol–water partition coefficient (Wildman–Crippen LogP) is 1.59. The average Bonchev–Trinajstić information content (AvgIpc) is 2.73. The summed E-state index contributed by atoms with van der Waals surface area (Å²) < 4.78 is 6.30. The molecule has 0 aliphatic rings. The molecule has 0 aliphatic carbocycles. The molecule has 0 atom stereocenters. The third-order valence-corrected chi connectivity index (χ3v) is 3.18. The minimum absolute atomic E-state index is 0.111. The number of carbonyl (C=O) groups excluding carboxylic acids is 3. The average molecular weight is 288 g/mol. The highest BCUT2D eigenvalue weighted by Crippen LogP contribution is 2.19. The van der Waals surface area contributed by atoms with Crippen LogP contribution in [0.4, 0.5) is 0 Å². The minimum Gasteiger partial charge on any atom is -0.460 e. The molecule has 0 saturated carbocycles. The summed E-state index contributed by atoms with van der Waals surface area (Å²) in [4.78, 5) is 34.9. The van der Waals surface area contributed by atoms with Crippen molar-refractivity contribution in [2.45, 2.75) is 20.3 Å². The second-order valence-corrected chi connectivity index (χ2v) is 4.68. The number of Topliss-reactive ketones (excluding diaryl/α,β-unsaturated/α-hetero) is 2. The Labute approximate surface area is 121 Å². The van der Waals surface area contributed by atoms with Crippen LogP contribution in [-0.4, -0.2) is 33.9 Å². The SMILES string of the molecule is CCOC(=O)C(=O)CC(=O)c1ccc2c(c1)c(C)nn2C. The maximum absolute atomic E-state index is 12.1. The molecule has 6 heteroatoms. The quantitative estimate of drug-likeness (QED) is 0.361. The number of carbonyl (C=O) groups is 3. The van der Waals surface area contributed by atoms with Gasteiger partial charge in [-0.2, -0.15) is 5.10 Å². The first kappa shape index (κ1) is 14.9. The van der Waals surface area contributed by atoms with Gasteiger partial charge in [0.1, 0.15) is 0 Å². The van der Waals surface area contributed by atoms with Crippen LogP contribution in [0.2, 0.25) is 0 Å². The van der Waals surface area contributed by atoms with Gasteiger partial charge in [0.2, 0.25) is 5.78 Å². The van der Waals surface area contributed by atoms with E-state index in [9.17, 15) is 14.4 Å². The van der Waals surface area contributed by atoms with Gasteiger partial charge < -0.3 is 4.74 Å². The Bertz CT molecular complexity index is 731. The van der Waals surface area contributed by atoms with E-state index in [0.717, 1.165) is 16.6 Å². The number of rotatable bonds is 5. The lowest BCUT2D eigenvalue weighted by Gasteiger charge is -2.02. The van der Waals surface area contributed by atoms with Crippen molar-refractivity contribution in [3.8, 4) is 0 Å². The van der Waals surface area contributed by atoms with Crippen LogP contribution in [0.5, 0.6) is 0 Å². The Morgan fingerprint density at radius 1 is 1.29 bits per heavy atom. The van der Waals surface area contributed by atoms with Gasteiger partial charge in [-0.25, -0.2) is 4.79 Å². The van der Waals surface area contributed by atoms with Crippen molar-refractivity contribution in [3.05, 3.63) is 29.5 Å². The first-order chi connectivity index (χ1) is 9.93. The number of fused-ring (bicyclic) bond motifs is 1. The van der Waals surface area contributed by atoms with Gasteiger partial charge in [-0.15, -0.1) is 0 Å². The van der Waals surface area contributed by atoms with Gasteiger partial charge >= 0.3 is 5.97 Å². The third-order valence-electron chi connectivity index (χ3n) is 3.18. The van der Waals surface area contributed by atoms with E-state index in [1.807, 2.05) is 14.0 Å². The fourth-order valence-corrected chi connectivity index (χ4v) is 2.15. The molecular weight excluding hydrogens is 272 g/mol. The molecule has 21 heavy (non-hydrogen) atoms. The van der Waals surface area contributed by atoms with Gasteiger partial charge in [0.25, 0.3) is 0 Å². The summed E-state index contributed by atoms with van der Waals surface area (Å²) in [5, 5.41) is 5.12. The number of hydrogen-bond donors (Lipinski definition) is 0. The number of esters is 1. The Hall–Kier alpha value is -2.50. The molecular formula is C15H16N2O4. The molecule has 1 aromatic carbocycles. The lowest BCUT2D eigenvalue weighted by atomic mass is 10.0. The molecule has 0 N–H and O–H groups in total. The van der Waals surface area contributed by atoms with Crippen molar-refractivity contribution in [2.24, 2.45) is 7.05 Å². The zero-order valence-electron chi connectivity index (χ0n) is 12.2. The number of ether oxygens (including phenoxy) is 1. The van der Waals surface area contributed by atoms with Gasteiger partial charge in [0, 0.05) is 18.0 Å². The van der Waals surface area contributed by atoms with E-state index >= 15 is 0 Å². The predicted molar refractivity (Wildman–Crippen MR) is 76.0 cm³/mol. The van der Waals surface area contributed by atoms with E-state index in [-0.39, 0.29) is 6.61 Å². The zero-order chi connectivity index (χ0) is 15.6. The van der Waals surface area contributed by atoms with E-state index in [1.165, 1.54) is 0 Å². The molecule has 2 rings (SSSR count). The molecule has 0 bridgehead atoms. The summed E-state index contributed by atoms with van der Waals surface area (Å²) in [5.74, 6) is -2.20. The third kappa shape index (κ3) is 2.99. The fraction of sp³-hybridized carbons (Fsp3) is 0.333. The molecule has 110 valence electrons. The second-order valence-electron chi connectivity index (χ2n) is 4.68. The van der Waals surface area contributed by atoms with Crippen molar-refractivity contribution in [3.63, 3.8) is 0 Å². The van der Waals surface area contributed by atoms with E-state index in [2.05, 4.69) is 9.84 Å². The van der Waals surface area contributed by atoms with Crippen LogP contribution in [0.3, 0.4) is 0 Å². The first-order valence-corrected chi connectivity index (χ1v) is 6.60. The number of aryl methyl sites for hydroxylation is 2. The highest BCUT2D eigenvalue weighted by atomic mass is 16.5. The van der Waals surface area contributed by atoms with Crippen LogP contribution in [0.1, 0.15) is 29.4 Å². The largest absolute Gasteiger partial charge is 0.460 e. The molecule has 0 aliphatic heterocycles. The normalized spacial score (nSPS) is 10.6. The maximum Gasteiger partial charge on any atom is 0.375 e. The minimum atomic E-state index is -0.968. The Balaban J connectivity index is 2.22. The van der Waals surface area contributed by atoms with E-state index < -0.39 is 24.0 Å². The van der Waals surface area contributed by atoms with Crippen LogP contribution in [0, 0.1) is 6.92 Å². The Kier molecular flexibility index (Phi) is 4.16. The van der Waals surface area contributed by atoms with Crippen molar-refractivity contribution >= 4 is 28.4 Å². The van der Waals surface area contributed by atoms with Gasteiger partial charge in [0.15, 0.2) is 5.78 Å². The summed E-state index contributed by atoms with van der Waals surface area (Å²) in [6.07, 6.45) is -0.482. The van der Waals surface area contributed by atoms with Crippen LogP contribution in [-0.2, 0) is 21.4 Å². The molecule has 0 spiro atoms. The molecule has 2 aromatic rings. The van der Waals surface area contributed by atoms with Crippen LogP contribution in [0.15, 0.2) is 18.2 Å². The fourth-order valence-electron chi connectivity index (χ4n) is 2.15. The molecule has 0 radical (unpaired) electrons. The standard InChI is InChI=1S/C15H16N2O4/c1-4-21-15(20)14(19)8-13(18)10-5-6-12-11(7-10)9(2)16-17(12)3/h5-7H,4,8H2,1-3H3. The molecule has 1 aromatic heterocycles. The number of nitrogens with zero attached hydrogens (tertiary/aromatic N) is 2. The highest BCUT2D eigenvalue weighted by Gasteiger charge is 2.20. The summed E-state index contributed by atoms with van der Waals surface area (Å²) in [7, 11) is 1.82. The van der Waals surface area contributed by atoms with E-state index in [1.54, 1.807) is 29.8 Å². The summed E-state index contributed by atoms with van der Waals surface area (Å²) in [6.45, 7) is 3.56. The lowest BCUT2D eigenvalue weighted by Crippen LogP contribution is -2.20.